The lowest BCUT2D eigenvalue weighted by atomic mass is 10.0. The number of hydrogen-bond donors (Lipinski definition) is 0. The second-order valence-corrected chi connectivity index (χ2v) is 8.58. The zero-order valence-corrected chi connectivity index (χ0v) is 18.6. The van der Waals surface area contributed by atoms with Crippen molar-refractivity contribution in [3.63, 3.8) is 0 Å². The second kappa shape index (κ2) is 9.75. The van der Waals surface area contributed by atoms with E-state index in [-0.39, 0.29) is 0 Å². The van der Waals surface area contributed by atoms with Crippen LogP contribution in [0.5, 0.6) is 5.75 Å². The molecule has 0 aliphatic carbocycles. The first-order valence-electron chi connectivity index (χ1n) is 10.1. The van der Waals surface area contributed by atoms with Crippen molar-refractivity contribution in [1.82, 2.24) is 20.3 Å². The average Bonchev–Trinajstić information content (AvgIpc) is 3.27. The lowest BCUT2D eigenvalue weighted by Crippen LogP contribution is -1.94. The Hall–Kier alpha value is -3.19. The van der Waals surface area contributed by atoms with Crippen LogP contribution in [0.4, 0.5) is 0 Å². The second-order valence-electron chi connectivity index (χ2n) is 7.58. The third kappa shape index (κ3) is 5.49. The molecule has 0 radical (unpaired) electrons. The van der Waals surface area contributed by atoms with Crippen molar-refractivity contribution >= 4 is 11.8 Å². The molecule has 2 aromatic carbocycles. The molecule has 6 nitrogen and oxygen atoms in total. The number of aromatic nitrogens is 4. The van der Waals surface area contributed by atoms with Crippen molar-refractivity contribution in [3.8, 4) is 28.4 Å². The minimum atomic E-state index is 0.523. The summed E-state index contributed by atoms with van der Waals surface area (Å²) in [6.45, 7) is 4.45. The summed E-state index contributed by atoms with van der Waals surface area (Å²) >= 11 is 1.51. The fourth-order valence-electron chi connectivity index (χ4n) is 3.16. The smallest absolute Gasteiger partial charge is 0.237 e. The van der Waals surface area contributed by atoms with Crippen molar-refractivity contribution in [1.29, 1.82) is 0 Å². The third-order valence-electron chi connectivity index (χ3n) is 4.67. The molecule has 0 saturated carbocycles. The number of nitrogens with zero attached hydrogens (tertiary/aromatic N) is 4. The van der Waals surface area contributed by atoms with Gasteiger partial charge in [0.2, 0.25) is 11.7 Å². The highest BCUT2D eigenvalue weighted by atomic mass is 32.2. The molecule has 0 N–H and O–H groups in total. The topological polar surface area (TPSA) is 73.9 Å². The Morgan fingerprint density at radius 1 is 0.968 bits per heavy atom. The highest BCUT2D eigenvalue weighted by Gasteiger charge is 2.11. The number of ether oxygens (including phenoxy) is 1. The Kier molecular flexibility index (Phi) is 6.62. The van der Waals surface area contributed by atoms with E-state index in [9.17, 15) is 0 Å². The molecule has 0 bridgehead atoms. The van der Waals surface area contributed by atoms with Gasteiger partial charge in [-0.1, -0.05) is 67.2 Å². The molecule has 2 aromatic heterocycles. The summed E-state index contributed by atoms with van der Waals surface area (Å²) in [4.78, 5) is 4.46. The van der Waals surface area contributed by atoms with Crippen molar-refractivity contribution in [2.75, 3.05) is 7.11 Å². The van der Waals surface area contributed by atoms with Gasteiger partial charge in [0.1, 0.15) is 10.8 Å². The molecule has 0 aliphatic heterocycles. The Bertz CT molecular complexity index is 1130. The quantitative estimate of drug-likeness (QED) is 0.331. The van der Waals surface area contributed by atoms with Crippen molar-refractivity contribution in [2.45, 2.75) is 31.0 Å². The summed E-state index contributed by atoms with van der Waals surface area (Å²) in [6, 6.07) is 20.1. The van der Waals surface area contributed by atoms with Crippen molar-refractivity contribution in [2.24, 2.45) is 5.92 Å². The van der Waals surface area contributed by atoms with Crippen LogP contribution in [0.15, 0.2) is 70.2 Å². The summed E-state index contributed by atoms with van der Waals surface area (Å²) < 4.78 is 10.6. The molecule has 31 heavy (non-hydrogen) atoms. The Morgan fingerprint density at radius 3 is 2.52 bits per heavy atom. The molecule has 0 saturated heterocycles. The van der Waals surface area contributed by atoms with Crippen molar-refractivity contribution in [3.05, 3.63) is 72.1 Å². The van der Waals surface area contributed by atoms with Crippen LogP contribution in [0, 0.1) is 5.92 Å². The van der Waals surface area contributed by atoms with Gasteiger partial charge >= 0.3 is 0 Å². The minimum absolute atomic E-state index is 0.523. The van der Waals surface area contributed by atoms with Crippen LogP contribution in [0.2, 0.25) is 0 Å². The van der Waals surface area contributed by atoms with Gasteiger partial charge in [0.15, 0.2) is 0 Å². The Morgan fingerprint density at radius 2 is 1.81 bits per heavy atom. The standard InChI is InChI=1S/C24H24N4O2S/c1-16(2)13-17-7-9-18(10-8-17)21-11-12-23(27-26-21)31-15-22-25-24(28-30-22)19-5-4-6-20(14-19)29-3/h4-12,14,16H,13,15H2,1-3H3. The number of benzene rings is 2. The number of methoxy groups -OCH3 is 1. The SMILES string of the molecule is COc1cccc(-c2noc(CSc3ccc(-c4ccc(CC(C)C)cc4)nn3)n2)c1. The Labute approximate surface area is 186 Å². The molecule has 158 valence electrons. The molecule has 7 heteroatoms. The molecule has 0 unspecified atom stereocenters. The lowest BCUT2D eigenvalue weighted by Gasteiger charge is -2.06. The molecular formula is C24H24N4O2S. The van der Waals surface area contributed by atoms with E-state index in [1.54, 1.807) is 7.11 Å². The van der Waals surface area contributed by atoms with Gasteiger partial charge in [-0.25, -0.2) is 0 Å². The van der Waals surface area contributed by atoms with Crippen LogP contribution in [-0.4, -0.2) is 27.4 Å². The molecule has 2 heterocycles. The highest BCUT2D eigenvalue weighted by Crippen LogP contribution is 2.25. The number of hydrogen-bond acceptors (Lipinski definition) is 7. The van der Waals surface area contributed by atoms with Gasteiger partial charge in [-0.05, 0) is 42.2 Å². The summed E-state index contributed by atoms with van der Waals surface area (Å²) in [5.41, 5.74) is 4.12. The summed E-state index contributed by atoms with van der Waals surface area (Å²) in [5, 5.41) is 13.6. The zero-order valence-electron chi connectivity index (χ0n) is 17.8. The summed E-state index contributed by atoms with van der Waals surface area (Å²) in [5.74, 6) is 3.00. The monoisotopic (exact) mass is 432 g/mol. The van der Waals surface area contributed by atoms with Crippen molar-refractivity contribution < 1.29 is 9.26 Å². The predicted octanol–water partition coefficient (Wildman–Crippen LogP) is 5.69. The van der Waals surface area contributed by atoms with Gasteiger partial charge in [-0.3, -0.25) is 0 Å². The van der Waals surface area contributed by atoms with Gasteiger partial charge in [-0.15, -0.1) is 10.2 Å². The average molecular weight is 433 g/mol. The van der Waals surface area contributed by atoms with Crippen LogP contribution < -0.4 is 4.74 Å². The van der Waals surface area contributed by atoms with Gasteiger partial charge in [0, 0.05) is 11.1 Å². The molecule has 4 aromatic rings. The third-order valence-corrected chi connectivity index (χ3v) is 5.58. The first kappa shape index (κ1) is 21.1. The van der Waals surface area contributed by atoms with Gasteiger partial charge in [0.25, 0.3) is 0 Å². The molecule has 0 spiro atoms. The lowest BCUT2D eigenvalue weighted by molar-refractivity contribution is 0.391. The zero-order chi connectivity index (χ0) is 21.6. The first-order valence-corrected chi connectivity index (χ1v) is 11.1. The molecular weight excluding hydrogens is 408 g/mol. The molecule has 0 amide bonds. The summed E-state index contributed by atoms with van der Waals surface area (Å²) in [6.07, 6.45) is 1.08. The van der Waals surface area contributed by atoms with Gasteiger partial charge in [0.05, 0.1) is 18.6 Å². The van der Waals surface area contributed by atoms with Crippen LogP contribution in [0.3, 0.4) is 0 Å². The first-order chi connectivity index (χ1) is 15.1. The fourth-order valence-corrected chi connectivity index (χ4v) is 3.81. The van der Waals surface area contributed by atoms with Crippen LogP contribution >= 0.6 is 11.8 Å². The molecule has 0 atom stereocenters. The van der Waals surface area contributed by atoms with E-state index in [4.69, 9.17) is 9.26 Å². The van der Waals surface area contributed by atoms with E-state index in [1.807, 2.05) is 36.4 Å². The predicted molar refractivity (Wildman–Crippen MR) is 122 cm³/mol. The molecule has 0 aliphatic rings. The van der Waals surface area contributed by atoms with Crippen LogP contribution in [0.1, 0.15) is 25.3 Å². The van der Waals surface area contributed by atoms with E-state index < -0.39 is 0 Å². The fraction of sp³-hybridized carbons (Fsp3) is 0.250. The van der Waals surface area contributed by atoms with E-state index in [0.717, 1.165) is 34.0 Å². The maximum absolute atomic E-state index is 5.37. The normalized spacial score (nSPS) is 11.1. The number of thioether (sulfide) groups is 1. The molecule has 0 fully saturated rings. The van der Waals surface area contributed by atoms with E-state index in [2.05, 4.69) is 58.5 Å². The van der Waals surface area contributed by atoms with Gasteiger partial charge in [-0.2, -0.15) is 4.98 Å². The summed E-state index contributed by atoms with van der Waals surface area (Å²) in [7, 11) is 1.63. The van der Waals surface area contributed by atoms with E-state index in [0.29, 0.717) is 23.4 Å². The maximum Gasteiger partial charge on any atom is 0.237 e. The van der Waals surface area contributed by atoms with E-state index in [1.165, 1.54) is 17.3 Å². The van der Waals surface area contributed by atoms with Crippen LogP contribution in [0.25, 0.3) is 22.6 Å². The highest BCUT2D eigenvalue weighted by molar-refractivity contribution is 7.98. The van der Waals surface area contributed by atoms with Crippen LogP contribution in [-0.2, 0) is 12.2 Å². The maximum atomic E-state index is 5.37. The Balaban J connectivity index is 1.37. The minimum Gasteiger partial charge on any atom is -0.497 e. The van der Waals surface area contributed by atoms with E-state index >= 15 is 0 Å². The van der Waals surface area contributed by atoms with Gasteiger partial charge < -0.3 is 9.26 Å². The largest absolute Gasteiger partial charge is 0.497 e. The molecule has 4 rings (SSSR count). The number of rotatable bonds is 8.